The summed E-state index contributed by atoms with van der Waals surface area (Å²) in [5, 5.41) is 2.10. The number of halogens is 13. The van der Waals surface area contributed by atoms with E-state index in [4.69, 9.17) is 0 Å². The lowest BCUT2D eigenvalue weighted by Crippen LogP contribution is -2.71. The molecule has 2 N–H and O–H groups in total. The van der Waals surface area contributed by atoms with E-state index in [0.29, 0.717) is 12.1 Å². The zero-order valence-corrected chi connectivity index (χ0v) is 12.8. The van der Waals surface area contributed by atoms with Crippen molar-refractivity contribution in [1.29, 1.82) is 0 Å². The molecule has 0 unspecified atom stereocenters. The molecule has 2 nitrogen and oxygen atoms in total. The minimum Gasteiger partial charge on any atom is -0.323 e. The molecule has 0 heterocycles. The molecule has 0 spiro atoms. The first-order chi connectivity index (χ1) is 12.3. The number of hydrogen-bond acceptors (Lipinski definition) is 2. The van der Waals surface area contributed by atoms with Crippen molar-refractivity contribution in [1.82, 2.24) is 0 Å². The number of hydrogen-bond donors (Lipinski definition) is 1. The lowest BCUT2D eigenvalue weighted by Gasteiger charge is -2.39. The van der Waals surface area contributed by atoms with Gasteiger partial charge in [0.25, 0.3) is 0 Å². The Morgan fingerprint density at radius 3 is 1.36 bits per heavy atom. The van der Waals surface area contributed by atoms with Gasteiger partial charge >= 0.3 is 35.8 Å². The molecule has 0 aliphatic heterocycles. The fraction of sp³-hybridized carbons (Fsp3) is 0.462. The largest absolute Gasteiger partial charge is 0.460 e. The van der Waals surface area contributed by atoms with E-state index >= 15 is 0 Å². The summed E-state index contributed by atoms with van der Waals surface area (Å²) in [5.74, 6) is -33.2. The lowest BCUT2D eigenvalue weighted by atomic mass is 9.90. The fourth-order valence-electron chi connectivity index (χ4n) is 1.85. The lowest BCUT2D eigenvalue weighted by molar-refractivity contribution is -0.434. The summed E-state index contributed by atoms with van der Waals surface area (Å²) in [6.07, 6.45) is -7.46. The van der Waals surface area contributed by atoms with E-state index < -0.39 is 47.1 Å². The van der Waals surface area contributed by atoms with Gasteiger partial charge in [-0.05, 0) is 0 Å². The van der Waals surface area contributed by atoms with Crippen LogP contribution in [-0.2, 0) is 0 Å². The molecule has 1 aromatic carbocycles. The van der Waals surface area contributed by atoms with Crippen LogP contribution in [0.25, 0.3) is 0 Å². The molecule has 0 aromatic heterocycles. The third-order valence-corrected chi connectivity index (χ3v) is 3.41. The number of benzene rings is 1. The molecule has 28 heavy (non-hydrogen) atoms. The molecule has 0 amide bonds. The molecule has 0 bridgehead atoms. The SMILES string of the molecule is N/N=C(\c1ccccc1)C(F)(F)C(F)(F)C(F)(F)C(F)(F)C(F)(F)C(F)(F)F. The van der Waals surface area contributed by atoms with Crippen LogP contribution in [0.3, 0.4) is 0 Å². The second-order valence-corrected chi connectivity index (χ2v) is 5.21. The van der Waals surface area contributed by atoms with E-state index in [1.807, 2.05) is 0 Å². The fourth-order valence-corrected chi connectivity index (χ4v) is 1.85. The van der Waals surface area contributed by atoms with E-state index in [2.05, 4.69) is 10.9 Å². The van der Waals surface area contributed by atoms with Crippen LogP contribution in [0.5, 0.6) is 0 Å². The minimum absolute atomic E-state index is 0.538. The molecule has 160 valence electrons. The van der Waals surface area contributed by atoms with Crippen LogP contribution in [-0.4, -0.2) is 41.5 Å². The number of nitrogens with two attached hydrogens (primary N) is 1. The molecule has 0 saturated heterocycles. The number of rotatable bonds is 6. The van der Waals surface area contributed by atoms with Crippen LogP contribution in [0.1, 0.15) is 5.56 Å². The smallest absolute Gasteiger partial charge is 0.323 e. The molecular formula is C13H7F13N2. The van der Waals surface area contributed by atoms with Crippen molar-refractivity contribution in [3.05, 3.63) is 35.9 Å². The molecule has 0 atom stereocenters. The Bertz CT molecular complexity index is 722. The zero-order valence-electron chi connectivity index (χ0n) is 12.8. The molecule has 15 heteroatoms. The Kier molecular flexibility index (Phi) is 5.69. The van der Waals surface area contributed by atoms with Gasteiger partial charge in [-0.1, -0.05) is 30.3 Å². The van der Waals surface area contributed by atoms with Crippen molar-refractivity contribution >= 4 is 5.71 Å². The van der Waals surface area contributed by atoms with Gasteiger partial charge in [-0.15, -0.1) is 0 Å². The highest BCUT2D eigenvalue weighted by molar-refractivity contribution is 6.06. The third kappa shape index (κ3) is 3.13. The minimum atomic E-state index is -7.97. The van der Waals surface area contributed by atoms with Gasteiger partial charge in [0, 0.05) is 5.56 Å². The predicted molar refractivity (Wildman–Crippen MR) is 68.0 cm³/mol. The maximum absolute atomic E-state index is 14.0. The van der Waals surface area contributed by atoms with Crippen LogP contribution in [0.4, 0.5) is 57.1 Å². The van der Waals surface area contributed by atoms with Gasteiger partial charge in [-0.2, -0.15) is 62.2 Å². The maximum atomic E-state index is 14.0. The molecule has 1 rings (SSSR count). The van der Waals surface area contributed by atoms with E-state index in [1.54, 1.807) is 0 Å². The first-order valence-corrected chi connectivity index (χ1v) is 6.60. The Hall–Kier alpha value is -2.22. The zero-order chi connectivity index (χ0) is 22.4. The van der Waals surface area contributed by atoms with Crippen molar-refractivity contribution in [3.8, 4) is 0 Å². The summed E-state index contributed by atoms with van der Waals surface area (Å²) in [6.45, 7) is 0. The van der Waals surface area contributed by atoms with E-state index in [-0.39, 0.29) is 0 Å². The normalized spacial score (nSPS) is 15.7. The first kappa shape index (κ1) is 23.8. The van der Waals surface area contributed by atoms with Crippen LogP contribution in [0.15, 0.2) is 35.4 Å². The van der Waals surface area contributed by atoms with Crippen molar-refractivity contribution in [3.63, 3.8) is 0 Å². The maximum Gasteiger partial charge on any atom is 0.460 e. The van der Waals surface area contributed by atoms with Gasteiger partial charge < -0.3 is 5.84 Å². The second kappa shape index (κ2) is 6.69. The van der Waals surface area contributed by atoms with Crippen LogP contribution in [0, 0.1) is 0 Å². The van der Waals surface area contributed by atoms with Crippen LogP contribution >= 0.6 is 0 Å². The highest BCUT2D eigenvalue weighted by Gasteiger charge is 2.91. The summed E-state index contributed by atoms with van der Waals surface area (Å²) in [7, 11) is 0. The molecule has 0 saturated carbocycles. The standard InChI is InChI=1S/C13H7F13N2/c14-8(15,7(28-27)6-4-2-1-3-5-6)9(16,17)10(18,19)11(20,21)12(22,23)13(24,25)26/h1-5H,27H2/b28-7+. The highest BCUT2D eigenvalue weighted by Crippen LogP contribution is 2.60. The molecule has 0 aliphatic rings. The van der Waals surface area contributed by atoms with E-state index in [9.17, 15) is 57.1 Å². The van der Waals surface area contributed by atoms with Gasteiger partial charge in [0.2, 0.25) is 0 Å². The van der Waals surface area contributed by atoms with Crippen LogP contribution < -0.4 is 5.84 Å². The van der Waals surface area contributed by atoms with E-state index in [1.165, 1.54) is 0 Å². The van der Waals surface area contributed by atoms with E-state index in [0.717, 1.165) is 18.2 Å². The first-order valence-electron chi connectivity index (χ1n) is 6.60. The Labute approximate surface area is 146 Å². The van der Waals surface area contributed by atoms with Crippen molar-refractivity contribution in [2.75, 3.05) is 0 Å². The average Bonchev–Trinajstić information content (AvgIpc) is 2.54. The highest BCUT2D eigenvalue weighted by atomic mass is 19.4. The van der Waals surface area contributed by atoms with Crippen molar-refractivity contribution < 1.29 is 57.1 Å². The number of nitrogens with zero attached hydrogens (tertiary/aromatic N) is 1. The molecule has 0 radical (unpaired) electrons. The van der Waals surface area contributed by atoms with Crippen molar-refractivity contribution in [2.24, 2.45) is 10.9 Å². The van der Waals surface area contributed by atoms with Gasteiger partial charge in [0.15, 0.2) is 0 Å². The van der Waals surface area contributed by atoms with Crippen molar-refractivity contribution in [2.45, 2.75) is 35.8 Å². The summed E-state index contributed by atoms with van der Waals surface area (Å²) in [5.41, 5.74) is -3.57. The summed E-state index contributed by atoms with van der Waals surface area (Å²) in [4.78, 5) is 0. The number of alkyl halides is 13. The van der Waals surface area contributed by atoms with Gasteiger partial charge in [0.1, 0.15) is 5.71 Å². The summed E-state index contributed by atoms with van der Waals surface area (Å²) in [6, 6.07) is 3.94. The molecule has 0 fully saturated rings. The predicted octanol–water partition coefficient (Wildman–Crippen LogP) is 5.09. The number of hydrazone groups is 1. The third-order valence-electron chi connectivity index (χ3n) is 3.41. The van der Waals surface area contributed by atoms with Crippen LogP contribution in [0.2, 0.25) is 0 Å². The Morgan fingerprint density at radius 2 is 1.00 bits per heavy atom. The Balaban J connectivity index is 3.62. The summed E-state index contributed by atoms with van der Waals surface area (Å²) >= 11 is 0. The average molecular weight is 438 g/mol. The Morgan fingerprint density at radius 1 is 0.607 bits per heavy atom. The van der Waals surface area contributed by atoms with Gasteiger partial charge in [-0.3, -0.25) is 0 Å². The second-order valence-electron chi connectivity index (χ2n) is 5.21. The summed E-state index contributed by atoms with van der Waals surface area (Å²) < 4.78 is 170. The molecule has 1 aromatic rings. The quantitative estimate of drug-likeness (QED) is 0.286. The molecule has 0 aliphatic carbocycles. The topological polar surface area (TPSA) is 38.4 Å². The molecular weight excluding hydrogens is 431 g/mol. The monoisotopic (exact) mass is 438 g/mol. The van der Waals surface area contributed by atoms with Gasteiger partial charge in [0.05, 0.1) is 0 Å². The van der Waals surface area contributed by atoms with Gasteiger partial charge in [-0.25, -0.2) is 0 Å².